The molecule has 4 aliphatic rings. The molecule has 4 nitrogen and oxygen atoms in total. The van der Waals surface area contributed by atoms with Crippen LogP contribution in [-0.2, 0) is 19.1 Å². The summed E-state index contributed by atoms with van der Waals surface area (Å²) in [6.45, 7) is 6.87. The third kappa shape index (κ3) is 3.20. The summed E-state index contributed by atoms with van der Waals surface area (Å²) in [5.74, 6) is 3.55. The van der Waals surface area contributed by atoms with Crippen molar-refractivity contribution >= 4 is 17.5 Å². The zero-order valence-electron chi connectivity index (χ0n) is 18.7. The lowest BCUT2D eigenvalue weighted by Gasteiger charge is -2.59. The zero-order valence-corrected chi connectivity index (χ0v) is 18.7. The molecule has 0 aromatic carbocycles. The van der Waals surface area contributed by atoms with Crippen molar-refractivity contribution < 1.29 is 19.1 Å². The molecule has 0 radical (unpaired) electrons. The van der Waals surface area contributed by atoms with Gasteiger partial charge in [0.05, 0.1) is 7.11 Å². The first-order valence-electron chi connectivity index (χ1n) is 11.8. The minimum Gasteiger partial charge on any atom is -0.469 e. The zero-order chi connectivity index (χ0) is 21.0. The predicted molar refractivity (Wildman–Crippen MR) is 111 cm³/mol. The van der Waals surface area contributed by atoms with Gasteiger partial charge in [-0.3, -0.25) is 14.4 Å². The Bertz CT molecular complexity index is 699. The predicted octanol–water partition coefficient (Wildman–Crippen LogP) is 4.98. The third-order valence-electron chi connectivity index (χ3n) is 10.1. The van der Waals surface area contributed by atoms with Crippen LogP contribution >= 0.6 is 0 Å². The monoisotopic (exact) mass is 402 g/mol. The second-order valence-electron chi connectivity index (χ2n) is 11.1. The Balaban J connectivity index is 1.55. The second-order valence-corrected chi connectivity index (χ2v) is 11.1. The van der Waals surface area contributed by atoms with E-state index in [1.54, 1.807) is 0 Å². The summed E-state index contributed by atoms with van der Waals surface area (Å²) in [5, 5.41) is 0. The van der Waals surface area contributed by atoms with Gasteiger partial charge in [0.1, 0.15) is 11.6 Å². The molecular weight excluding hydrogens is 364 g/mol. The van der Waals surface area contributed by atoms with Gasteiger partial charge in [-0.15, -0.1) is 0 Å². The number of methoxy groups -OCH3 is 1. The van der Waals surface area contributed by atoms with Crippen LogP contribution in [0.1, 0.15) is 85.0 Å². The van der Waals surface area contributed by atoms with Gasteiger partial charge in [0.15, 0.2) is 0 Å². The Hall–Kier alpha value is -1.19. The highest BCUT2D eigenvalue weighted by molar-refractivity contribution is 5.87. The maximum absolute atomic E-state index is 13.7. The lowest BCUT2D eigenvalue weighted by molar-refractivity contribution is -0.159. The average molecular weight is 403 g/mol. The van der Waals surface area contributed by atoms with Gasteiger partial charge in [-0.25, -0.2) is 0 Å². The van der Waals surface area contributed by atoms with E-state index in [-0.39, 0.29) is 16.8 Å². The lowest BCUT2D eigenvalue weighted by Crippen LogP contribution is -2.57. The van der Waals surface area contributed by atoms with Crippen molar-refractivity contribution in [1.82, 2.24) is 0 Å². The molecule has 0 saturated heterocycles. The summed E-state index contributed by atoms with van der Waals surface area (Å²) < 4.78 is 4.83. The molecule has 0 unspecified atom stereocenters. The summed E-state index contributed by atoms with van der Waals surface area (Å²) in [5.41, 5.74) is -0.0627. The number of hydrogen-bond donors (Lipinski definition) is 0. The van der Waals surface area contributed by atoms with E-state index in [2.05, 4.69) is 20.8 Å². The van der Waals surface area contributed by atoms with Gasteiger partial charge >= 0.3 is 5.97 Å². The molecule has 0 aromatic rings. The molecule has 0 heterocycles. The van der Waals surface area contributed by atoms with Crippen molar-refractivity contribution in [3.05, 3.63) is 0 Å². The molecule has 0 bridgehead atoms. The molecule has 4 heteroatoms. The first-order chi connectivity index (χ1) is 13.7. The summed E-state index contributed by atoms with van der Waals surface area (Å²) in [4.78, 5) is 37.4. The number of carbonyl (C=O) groups excluding carboxylic acids is 3. The summed E-state index contributed by atoms with van der Waals surface area (Å²) in [7, 11) is 1.44. The minimum absolute atomic E-state index is 0.148. The molecule has 4 aliphatic carbocycles. The average Bonchev–Trinajstić information content (AvgIpc) is 3.06. The van der Waals surface area contributed by atoms with Crippen molar-refractivity contribution in [1.29, 1.82) is 0 Å². The Morgan fingerprint density at radius 2 is 1.86 bits per heavy atom. The van der Waals surface area contributed by atoms with E-state index in [0.717, 1.165) is 38.5 Å². The fraction of sp³-hybridized carbons (Fsp3) is 0.880. The van der Waals surface area contributed by atoms with Crippen LogP contribution in [0.4, 0.5) is 0 Å². The molecule has 0 aromatic heterocycles. The van der Waals surface area contributed by atoms with Crippen LogP contribution in [0.25, 0.3) is 0 Å². The van der Waals surface area contributed by atoms with Crippen molar-refractivity contribution in [2.75, 3.05) is 7.11 Å². The summed E-state index contributed by atoms with van der Waals surface area (Å²) >= 11 is 0. The highest BCUT2D eigenvalue weighted by Crippen LogP contribution is 2.67. The van der Waals surface area contributed by atoms with Gasteiger partial charge < -0.3 is 4.74 Å². The number of carbonyl (C=O) groups is 3. The van der Waals surface area contributed by atoms with E-state index in [1.807, 2.05) is 0 Å². The lowest BCUT2D eigenvalue weighted by atomic mass is 9.44. The maximum atomic E-state index is 13.7. The molecule has 29 heavy (non-hydrogen) atoms. The number of hydrogen-bond acceptors (Lipinski definition) is 4. The maximum Gasteiger partial charge on any atom is 0.305 e. The molecule has 4 fully saturated rings. The van der Waals surface area contributed by atoms with E-state index in [9.17, 15) is 14.4 Å². The molecule has 0 amide bonds. The number of fused-ring (bicyclic) bond motifs is 5. The first kappa shape index (κ1) is 21.1. The van der Waals surface area contributed by atoms with Gasteiger partial charge in [0.2, 0.25) is 0 Å². The first-order valence-corrected chi connectivity index (χ1v) is 11.8. The second kappa shape index (κ2) is 7.50. The van der Waals surface area contributed by atoms with Crippen LogP contribution in [0.2, 0.25) is 0 Å². The van der Waals surface area contributed by atoms with Gasteiger partial charge in [0.25, 0.3) is 0 Å². The quantitative estimate of drug-likeness (QED) is 0.622. The molecule has 8 atom stereocenters. The number of Topliss-reactive ketones (excluding diaryl/α,β-unsaturated/α-hetero) is 2. The van der Waals surface area contributed by atoms with Crippen LogP contribution in [0, 0.1) is 46.3 Å². The minimum atomic E-state index is -0.232. The number of ether oxygens (including phenoxy) is 1. The van der Waals surface area contributed by atoms with E-state index in [1.165, 1.54) is 13.5 Å². The van der Waals surface area contributed by atoms with Gasteiger partial charge in [-0.1, -0.05) is 20.8 Å². The fourth-order valence-electron chi connectivity index (χ4n) is 8.34. The van der Waals surface area contributed by atoms with E-state index in [0.29, 0.717) is 66.3 Å². The number of ketones is 2. The van der Waals surface area contributed by atoms with Crippen LogP contribution in [-0.4, -0.2) is 24.6 Å². The normalized spacial score (nSPS) is 45.2. The smallest absolute Gasteiger partial charge is 0.305 e. The van der Waals surface area contributed by atoms with Gasteiger partial charge in [0, 0.05) is 31.1 Å². The van der Waals surface area contributed by atoms with Crippen LogP contribution in [0.15, 0.2) is 0 Å². The highest BCUT2D eigenvalue weighted by atomic mass is 16.5. The van der Waals surface area contributed by atoms with Crippen LogP contribution in [0.5, 0.6) is 0 Å². The Morgan fingerprint density at radius 1 is 1.10 bits per heavy atom. The van der Waals surface area contributed by atoms with Crippen molar-refractivity contribution in [3.63, 3.8) is 0 Å². The largest absolute Gasteiger partial charge is 0.469 e. The third-order valence-corrected chi connectivity index (χ3v) is 10.1. The Labute approximate surface area is 175 Å². The van der Waals surface area contributed by atoms with E-state index < -0.39 is 0 Å². The van der Waals surface area contributed by atoms with Crippen molar-refractivity contribution in [2.45, 2.75) is 85.0 Å². The van der Waals surface area contributed by atoms with Gasteiger partial charge in [-0.2, -0.15) is 0 Å². The Morgan fingerprint density at radius 3 is 2.59 bits per heavy atom. The molecular formula is C25H38O4. The molecule has 0 aliphatic heterocycles. The topological polar surface area (TPSA) is 60.4 Å². The Kier molecular flexibility index (Phi) is 5.44. The summed E-state index contributed by atoms with van der Waals surface area (Å²) in [6, 6.07) is 0. The molecule has 0 spiro atoms. The van der Waals surface area contributed by atoms with E-state index >= 15 is 0 Å². The fourth-order valence-corrected chi connectivity index (χ4v) is 8.34. The molecule has 0 N–H and O–H groups in total. The molecule has 162 valence electrons. The van der Waals surface area contributed by atoms with E-state index in [4.69, 9.17) is 4.74 Å². The van der Waals surface area contributed by atoms with Crippen molar-refractivity contribution in [2.24, 2.45) is 46.3 Å². The summed E-state index contributed by atoms with van der Waals surface area (Å²) in [6.07, 6.45) is 9.00. The highest BCUT2D eigenvalue weighted by Gasteiger charge is 2.63. The van der Waals surface area contributed by atoms with Crippen molar-refractivity contribution in [3.8, 4) is 0 Å². The number of esters is 1. The number of rotatable bonds is 4. The standard InChI is InChI=1S/C25H38O4/c1-15(5-10-23(28)29-4)19-8-9-20-18-7-6-16-13-17(26)11-12-24(16,2)21(18)14-22(27)25(19,20)3/h15-16,18-21H,5-14H2,1-4H3/t15-,16+,18+,19+,20-,21-,24-,25+/m0/s1. The SMILES string of the molecule is COC(=O)CC[C@H](C)[C@H]1CC[C@H]2[C@H]3CC[C@@H]4CC(=O)CC[C@]4(C)[C@H]3CC(=O)[C@]12C. The molecule has 4 saturated carbocycles. The van der Waals surface area contributed by atoms with Crippen LogP contribution < -0.4 is 0 Å². The van der Waals surface area contributed by atoms with Crippen LogP contribution in [0.3, 0.4) is 0 Å². The van der Waals surface area contributed by atoms with Gasteiger partial charge in [-0.05, 0) is 79.4 Å². The molecule has 4 rings (SSSR count).